The number of rotatable bonds is 6. The molecule has 1 aliphatic heterocycles. The van der Waals surface area contributed by atoms with Gasteiger partial charge in [0.05, 0.1) is 19.8 Å². The Morgan fingerprint density at radius 2 is 2.46 bits per heavy atom. The minimum Gasteiger partial charge on any atom is -0.478 e. The number of epoxide rings is 1. The van der Waals surface area contributed by atoms with E-state index in [1.165, 1.54) is 0 Å². The Labute approximate surface area is 77.1 Å². The quantitative estimate of drug-likeness (QED) is 0.379. The highest BCUT2D eigenvalue weighted by Gasteiger charge is 2.21. The Balaban J connectivity index is 1.98. The van der Waals surface area contributed by atoms with Gasteiger partial charge in [-0.15, -0.1) is 0 Å². The lowest BCUT2D eigenvalue weighted by Crippen LogP contribution is -2.02. The van der Waals surface area contributed by atoms with Crippen LogP contribution in [0.15, 0.2) is 11.6 Å². The topological polar surface area (TPSA) is 59.1 Å². The highest BCUT2D eigenvalue weighted by molar-refractivity contribution is 5.85. The van der Waals surface area contributed by atoms with E-state index in [0.29, 0.717) is 25.2 Å². The van der Waals surface area contributed by atoms with Crippen molar-refractivity contribution in [2.24, 2.45) is 0 Å². The fourth-order valence-corrected chi connectivity index (χ4v) is 0.825. The fourth-order valence-electron chi connectivity index (χ4n) is 0.825. The van der Waals surface area contributed by atoms with E-state index >= 15 is 0 Å². The molecule has 4 heteroatoms. The summed E-state index contributed by atoms with van der Waals surface area (Å²) in [6.07, 6.45) is 2.59. The van der Waals surface area contributed by atoms with Gasteiger partial charge in [0.2, 0.25) is 0 Å². The number of ether oxygens (including phenoxy) is 2. The molecule has 4 nitrogen and oxygen atoms in total. The van der Waals surface area contributed by atoms with E-state index in [4.69, 9.17) is 14.6 Å². The van der Waals surface area contributed by atoms with Crippen molar-refractivity contribution in [3.63, 3.8) is 0 Å². The van der Waals surface area contributed by atoms with Crippen LogP contribution in [0.5, 0.6) is 0 Å². The van der Waals surface area contributed by atoms with Crippen LogP contribution in [-0.2, 0) is 14.3 Å². The molecular formula is C9H14O4. The molecule has 1 atom stereocenters. The summed E-state index contributed by atoms with van der Waals surface area (Å²) in [5.74, 6) is -0.870. The molecule has 1 rings (SSSR count). The molecule has 0 aliphatic carbocycles. The van der Waals surface area contributed by atoms with Crippen molar-refractivity contribution >= 4 is 5.97 Å². The Kier molecular flexibility index (Phi) is 3.92. The summed E-state index contributed by atoms with van der Waals surface area (Å²) >= 11 is 0. The maximum atomic E-state index is 10.4. The highest BCUT2D eigenvalue weighted by atomic mass is 16.6. The zero-order chi connectivity index (χ0) is 9.68. The molecule has 1 fully saturated rings. The predicted octanol–water partition coefficient (Wildman–Crippen LogP) is 0.823. The van der Waals surface area contributed by atoms with Crippen LogP contribution in [0.1, 0.15) is 13.3 Å². The van der Waals surface area contributed by atoms with Crippen LogP contribution >= 0.6 is 0 Å². The van der Waals surface area contributed by atoms with Crippen molar-refractivity contribution < 1.29 is 19.4 Å². The summed E-state index contributed by atoms with van der Waals surface area (Å²) in [6.45, 7) is 3.56. The van der Waals surface area contributed by atoms with Gasteiger partial charge in [0.25, 0.3) is 0 Å². The molecule has 1 N–H and O–H groups in total. The molecule has 0 amide bonds. The second-order valence-corrected chi connectivity index (χ2v) is 3.01. The molecule has 1 aliphatic rings. The first-order chi connectivity index (χ1) is 6.20. The molecule has 0 radical (unpaired) electrons. The monoisotopic (exact) mass is 186 g/mol. The van der Waals surface area contributed by atoms with Crippen molar-refractivity contribution in [1.29, 1.82) is 0 Å². The maximum Gasteiger partial charge on any atom is 0.330 e. The van der Waals surface area contributed by atoms with Crippen LogP contribution in [0.4, 0.5) is 0 Å². The van der Waals surface area contributed by atoms with E-state index < -0.39 is 5.97 Å². The Morgan fingerprint density at radius 3 is 3.00 bits per heavy atom. The normalized spacial score (nSPS) is 21.6. The summed E-state index contributed by atoms with van der Waals surface area (Å²) in [4.78, 5) is 10.4. The lowest BCUT2D eigenvalue weighted by molar-refractivity contribution is -0.132. The number of carboxylic acid groups (broad SMARTS) is 1. The van der Waals surface area contributed by atoms with Crippen molar-refractivity contribution in [2.75, 3.05) is 19.8 Å². The average Bonchev–Trinajstić information content (AvgIpc) is 2.87. The van der Waals surface area contributed by atoms with Crippen LogP contribution in [0.3, 0.4) is 0 Å². The minimum atomic E-state index is -0.870. The SMILES string of the molecule is C/C(=C\CCOCC1CO1)C(=O)O. The zero-order valence-corrected chi connectivity index (χ0v) is 7.66. The first kappa shape index (κ1) is 10.2. The van der Waals surface area contributed by atoms with Crippen LogP contribution in [-0.4, -0.2) is 37.0 Å². The molecule has 0 aromatic rings. The molecular weight excluding hydrogens is 172 g/mol. The first-order valence-corrected chi connectivity index (χ1v) is 4.29. The molecule has 0 aromatic carbocycles. The third-order valence-electron chi connectivity index (χ3n) is 1.76. The van der Waals surface area contributed by atoms with E-state index in [-0.39, 0.29) is 6.10 Å². The van der Waals surface area contributed by atoms with Gasteiger partial charge in [-0.25, -0.2) is 4.79 Å². The Bertz CT molecular complexity index is 206. The number of hydrogen-bond donors (Lipinski definition) is 1. The largest absolute Gasteiger partial charge is 0.478 e. The molecule has 0 spiro atoms. The molecule has 1 saturated heterocycles. The van der Waals surface area contributed by atoms with Crippen molar-refractivity contribution in [2.45, 2.75) is 19.4 Å². The number of aliphatic carboxylic acids is 1. The van der Waals surface area contributed by atoms with Gasteiger partial charge in [0.15, 0.2) is 0 Å². The van der Waals surface area contributed by atoms with E-state index in [9.17, 15) is 4.79 Å². The standard InChI is InChI=1S/C9H14O4/c1-7(9(10)11)3-2-4-12-5-8-6-13-8/h3,8H,2,4-6H2,1H3,(H,10,11)/b7-3+. The van der Waals surface area contributed by atoms with Crippen LogP contribution in [0.25, 0.3) is 0 Å². The second-order valence-electron chi connectivity index (χ2n) is 3.01. The Morgan fingerprint density at radius 1 is 1.77 bits per heavy atom. The lowest BCUT2D eigenvalue weighted by atomic mass is 10.2. The van der Waals surface area contributed by atoms with Gasteiger partial charge in [0, 0.05) is 5.57 Å². The van der Waals surface area contributed by atoms with Gasteiger partial charge in [0.1, 0.15) is 6.10 Å². The molecule has 1 heterocycles. The number of carbonyl (C=O) groups is 1. The molecule has 0 aromatic heterocycles. The molecule has 13 heavy (non-hydrogen) atoms. The first-order valence-electron chi connectivity index (χ1n) is 4.29. The van der Waals surface area contributed by atoms with Gasteiger partial charge in [-0.2, -0.15) is 0 Å². The van der Waals surface area contributed by atoms with Crippen LogP contribution in [0, 0.1) is 0 Å². The summed E-state index contributed by atoms with van der Waals surface area (Å²) < 4.78 is 10.2. The number of carboxylic acids is 1. The second kappa shape index (κ2) is 4.99. The van der Waals surface area contributed by atoms with Crippen LogP contribution < -0.4 is 0 Å². The fraction of sp³-hybridized carbons (Fsp3) is 0.667. The molecule has 1 unspecified atom stereocenters. The van der Waals surface area contributed by atoms with Crippen LogP contribution in [0.2, 0.25) is 0 Å². The van der Waals surface area contributed by atoms with Crippen molar-refractivity contribution in [1.82, 2.24) is 0 Å². The highest BCUT2D eigenvalue weighted by Crippen LogP contribution is 2.08. The number of hydrogen-bond acceptors (Lipinski definition) is 3. The van der Waals surface area contributed by atoms with Crippen molar-refractivity contribution in [3.8, 4) is 0 Å². The van der Waals surface area contributed by atoms with Gasteiger partial charge in [-0.1, -0.05) is 6.08 Å². The maximum absolute atomic E-state index is 10.4. The van der Waals surface area contributed by atoms with E-state index in [1.807, 2.05) is 0 Å². The smallest absolute Gasteiger partial charge is 0.330 e. The molecule has 74 valence electrons. The van der Waals surface area contributed by atoms with Crippen molar-refractivity contribution in [3.05, 3.63) is 11.6 Å². The predicted molar refractivity (Wildman–Crippen MR) is 46.6 cm³/mol. The van der Waals surface area contributed by atoms with Gasteiger partial charge in [-0.05, 0) is 13.3 Å². The zero-order valence-electron chi connectivity index (χ0n) is 7.66. The average molecular weight is 186 g/mol. The molecule has 0 bridgehead atoms. The summed E-state index contributed by atoms with van der Waals surface area (Å²) in [5.41, 5.74) is 0.367. The summed E-state index contributed by atoms with van der Waals surface area (Å²) in [5, 5.41) is 8.51. The summed E-state index contributed by atoms with van der Waals surface area (Å²) in [7, 11) is 0. The van der Waals surface area contributed by atoms with E-state index in [1.54, 1.807) is 13.0 Å². The summed E-state index contributed by atoms with van der Waals surface area (Å²) in [6, 6.07) is 0. The third-order valence-corrected chi connectivity index (χ3v) is 1.76. The van der Waals surface area contributed by atoms with E-state index in [2.05, 4.69) is 0 Å². The van der Waals surface area contributed by atoms with Gasteiger partial charge in [-0.3, -0.25) is 0 Å². The van der Waals surface area contributed by atoms with Gasteiger partial charge < -0.3 is 14.6 Å². The minimum absolute atomic E-state index is 0.282. The van der Waals surface area contributed by atoms with Gasteiger partial charge >= 0.3 is 5.97 Å². The lowest BCUT2D eigenvalue weighted by Gasteiger charge is -1.98. The van der Waals surface area contributed by atoms with E-state index in [0.717, 1.165) is 6.61 Å². The third kappa shape index (κ3) is 4.65. The molecule has 0 saturated carbocycles. The Hall–Kier alpha value is -0.870.